The third kappa shape index (κ3) is 4.92. The van der Waals surface area contributed by atoms with Crippen molar-refractivity contribution >= 4 is 0 Å². The Morgan fingerprint density at radius 3 is 2.67 bits per heavy atom. The van der Waals surface area contributed by atoms with Crippen LogP contribution >= 0.6 is 0 Å². The molecule has 4 heteroatoms. The normalized spacial score (nSPS) is 30.3. The fourth-order valence-electron chi connectivity index (χ4n) is 3.50. The molecule has 0 aromatic heterocycles. The molecular formula is C17H34N2O2. The fourth-order valence-corrected chi connectivity index (χ4v) is 3.50. The molecule has 1 saturated carbocycles. The highest BCUT2D eigenvalue weighted by molar-refractivity contribution is 4.94. The van der Waals surface area contributed by atoms with Crippen LogP contribution in [0.1, 0.15) is 52.4 Å². The van der Waals surface area contributed by atoms with Crippen LogP contribution < -0.4 is 5.32 Å². The van der Waals surface area contributed by atoms with Gasteiger partial charge in [-0.3, -0.25) is 0 Å². The number of likely N-dealkylation sites (tertiary alicyclic amines) is 1. The molecule has 0 bridgehead atoms. The highest BCUT2D eigenvalue weighted by Gasteiger charge is 2.34. The number of methoxy groups -OCH3 is 1. The number of aliphatic hydroxyl groups is 1. The zero-order chi connectivity index (χ0) is 15.3. The topological polar surface area (TPSA) is 44.7 Å². The van der Waals surface area contributed by atoms with Crippen molar-refractivity contribution in [3.63, 3.8) is 0 Å². The van der Waals surface area contributed by atoms with Gasteiger partial charge in [0.05, 0.1) is 12.7 Å². The molecule has 2 N–H and O–H groups in total. The number of nitrogens with one attached hydrogen (secondary N) is 1. The number of hydrogen-bond acceptors (Lipinski definition) is 4. The van der Waals surface area contributed by atoms with Gasteiger partial charge in [0.25, 0.3) is 0 Å². The summed E-state index contributed by atoms with van der Waals surface area (Å²) in [6.07, 6.45) is 7.41. The average Bonchev–Trinajstić information content (AvgIpc) is 3.31. The third-order valence-electron chi connectivity index (χ3n) is 5.47. The van der Waals surface area contributed by atoms with Crippen LogP contribution in [0.5, 0.6) is 0 Å². The average molecular weight is 298 g/mol. The van der Waals surface area contributed by atoms with Crippen LogP contribution in [0, 0.1) is 5.92 Å². The summed E-state index contributed by atoms with van der Waals surface area (Å²) in [6, 6.07) is 0.658. The zero-order valence-electron chi connectivity index (χ0n) is 14.1. The molecule has 0 radical (unpaired) electrons. The van der Waals surface area contributed by atoms with E-state index in [1.54, 1.807) is 0 Å². The summed E-state index contributed by atoms with van der Waals surface area (Å²) in [5, 5.41) is 13.5. The van der Waals surface area contributed by atoms with E-state index in [0.29, 0.717) is 18.1 Å². The molecule has 21 heavy (non-hydrogen) atoms. The van der Waals surface area contributed by atoms with E-state index in [9.17, 15) is 5.11 Å². The van der Waals surface area contributed by atoms with Gasteiger partial charge < -0.3 is 20.1 Å². The Labute approximate surface area is 130 Å². The van der Waals surface area contributed by atoms with Crippen molar-refractivity contribution in [1.82, 2.24) is 10.2 Å². The Hall–Kier alpha value is -0.160. The SMILES string of the molecule is CCC(CO)(CCCN1CCC(C)C(OC)C1)NC1CC1. The minimum Gasteiger partial charge on any atom is -0.394 e. The van der Waals surface area contributed by atoms with Gasteiger partial charge in [0.2, 0.25) is 0 Å². The van der Waals surface area contributed by atoms with Gasteiger partial charge >= 0.3 is 0 Å². The van der Waals surface area contributed by atoms with E-state index in [1.165, 1.54) is 25.8 Å². The van der Waals surface area contributed by atoms with E-state index in [-0.39, 0.29) is 12.1 Å². The number of hydrogen-bond donors (Lipinski definition) is 2. The third-order valence-corrected chi connectivity index (χ3v) is 5.47. The number of ether oxygens (including phenoxy) is 1. The van der Waals surface area contributed by atoms with E-state index in [1.807, 2.05) is 7.11 Å². The summed E-state index contributed by atoms with van der Waals surface area (Å²) in [4.78, 5) is 2.53. The second kappa shape index (κ2) is 7.91. The predicted octanol–water partition coefficient (Wildman–Crippen LogP) is 2.02. The second-order valence-electron chi connectivity index (χ2n) is 7.15. The van der Waals surface area contributed by atoms with Gasteiger partial charge in [-0.05, 0) is 57.5 Å². The number of piperidine rings is 1. The molecule has 0 amide bonds. The maximum atomic E-state index is 9.81. The Bertz CT molecular complexity index is 303. The van der Waals surface area contributed by atoms with Gasteiger partial charge in [-0.15, -0.1) is 0 Å². The maximum Gasteiger partial charge on any atom is 0.0724 e. The first-order chi connectivity index (χ1) is 10.1. The molecule has 2 aliphatic rings. The predicted molar refractivity (Wildman–Crippen MR) is 86.5 cm³/mol. The lowest BCUT2D eigenvalue weighted by Gasteiger charge is -2.37. The van der Waals surface area contributed by atoms with Crippen LogP contribution in [-0.2, 0) is 4.74 Å². The second-order valence-corrected chi connectivity index (χ2v) is 7.15. The van der Waals surface area contributed by atoms with Crippen molar-refractivity contribution in [3.8, 4) is 0 Å². The smallest absolute Gasteiger partial charge is 0.0724 e. The summed E-state index contributed by atoms with van der Waals surface area (Å²) in [6.45, 7) is 8.12. The number of nitrogens with zero attached hydrogens (tertiary/aromatic N) is 1. The van der Waals surface area contributed by atoms with Crippen LogP contribution in [0.15, 0.2) is 0 Å². The largest absolute Gasteiger partial charge is 0.394 e. The summed E-state index contributed by atoms with van der Waals surface area (Å²) >= 11 is 0. The molecule has 1 saturated heterocycles. The lowest BCUT2D eigenvalue weighted by atomic mass is 9.90. The van der Waals surface area contributed by atoms with Gasteiger partial charge in [-0.25, -0.2) is 0 Å². The highest BCUT2D eigenvalue weighted by Crippen LogP contribution is 2.27. The van der Waals surface area contributed by atoms with Crippen molar-refractivity contribution in [2.45, 2.75) is 70.1 Å². The molecular weight excluding hydrogens is 264 g/mol. The Balaban J connectivity index is 1.74. The molecule has 3 unspecified atom stereocenters. The van der Waals surface area contributed by atoms with Crippen molar-refractivity contribution in [2.75, 3.05) is 33.4 Å². The molecule has 1 aliphatic carbocycles. The molecule has 4 nitrogen and oxygen atoms in total. The van der Waals surface area contributed by atoms with Gasteiger partial charge in [0, 0.05) is 25.2 Å². The Morgan fingerprint density at radius 1 is 1.33 bits per heavy atom. The lowest BCUT2D eigenvalue weighted by Crippen LogP contribution is -2.50. The van der Waals surface area contributed by atoms with E-state index in [2.05, 4.69) is 24.1 Å². The van der Waals surface area contributed by atoms with Crippen molar-refractivity contribution in [1.29, 1.82) is 0 Å². The standard InChI is InChI=1S/C17H34N2O2/c1-4-17(13-20,18-15-6-7-15)9-5-10-19-11-8-14(2)16(12-19)21-3/h14-16,18,20H,4-13H2,1-3H3. The minimum atomic E-state index is -0.0507. The van der Waals surface area contributed by atoms with E-state index < -0.39 is 0 Å². The van der Waals surface area contributed by atoms with Crippen molar-refractivity contribution in [3.05, 3.63) is 0 Å². The lowest BCUT2D eigenvalue weighted by molar-refractivity contribution is -0.00616. The molecule has 124 valence electrons. The van der Waals surface area contributed by atoms with Crippen LogP contribution in [0.4, 0.5) is 0 Å². The first-order valence-electron chi connectivity index (χ1n) is 8.76. The summed E-state index contributed by atoms with van der Waals surface area (Å²) < 4.78 is 5.59. The van der Waals surface area contributed by atoms with Gasteiger partial charge in [-0.1, -0.05) is 13.8 Å². The maximum absolute atomic E-state index is 9.81. The van der Waals surface area contributed by atoms with E-state index >= 15 is 0 Å². The molecule has 2 fully saturated rings. The first kappa shape index (κ1) is 17.2. The number of rotatable bonds is 9. The minimum absolute atomic E-state index is 0.0507. The zero-order valence-corrected chi connectivity index (χ0v) is 14.1. The Kier molecular flexibility index (Phi) is 6.48. The molecule has 0 aromatic rings. The van der Waals surface area contributed by atoms with Crippen LogP contribution in [0.2, 0.25) is 0 Å². The fraction of sp³-hybridized carbons (Fsp3) is 1.00. The van der Waals surface area contributed by atoms with Crippen LogP contribution in [0.3, 0.4) is 0 Å². The molecule has 0 spiro atoms. The first-order valence-corrected chi connectivity index (χ1v) is 8.76. The number of aliphatic hydroxyl groups excluding tert-OH is 1. The van der Waals surface area contributed by atoms with Crippen molar-refractivity contribution < 1.29 is 9.84 Å². The molecule has 3 atom stereocenters. The summed E-state index contributed by atoms with van der Waals surface area (Å²) in [5.41, 5.74) is -0.0507. The molecule has 1 aliphatic heterocycles. The van der Waals surface area contributed by atoms with Crippen LogP contribution in [0.25, 0.3) is 0 Å². The molecule has 0 aromatic carbocycles. The molecule has 2 rings (SSSR count). The van der Waals surface area contributed by atoms with Crippen LogP contribution in [-0.4, -0.2) is 61.0 Å². The molecule has 1 heterocycles. The van der Waals surface area contributed by atoms with Gasteiger partial charge in [0.15, 0.2) is 0 Å². The summed E-state index contributed by atoms with van der Waals surface area (Å²) in [5.74, 6) is 0.676. The van der Waals surface area contributed by atoms with E-state index in [4.69, 9.17) is 4.74 Å². The quantitative estimate of drug-likeness (QED) is 0.683. The monoisotopic (exact) mass is 298 g/mol. The van der Waals surface area contributed by atoms with Gasteiger partial charge in [-0.2, -0.15) is 0 Å². The highest BCUT2D eigenvalue weighted by atomic mass is 16.5. The summed E-state index contributed by atoms with van der Waals surface area (Å²) in [7, 11) is 1.83. The van der Waals surface area contributed by atoms with Gasteiger partial charge in [0.1, 0.15) is 0 Å². The van der Waals surface area contributed by atoms with E-state index in [0.717, 1.165) is 32.4 Å². The Morgan fingerprint density at radius 2 is 2.10 bits per heavy atom. The van der Waals surface area contributed by atoms with Crippen molar-refractivity contribution in [2.24, 2.45) is 5.92 Å².